The summed E-state index contributed by atoms with van der Waals surface area (Å²) in [5.74, 6) is 0.660. The second kappa shape index (κ2) is 6.29. The molecule has 106 valence electrons. The number of benzene rings is 1. The van der Waals surface area contributed by atoms with Gasteiger partial charge in [0.2, 0.25) is 0 Å². The summed E-state index contributed by atoms with van der Waals surface area (Å²) in [7, 11) is 0. The number of halogens is 1. The standard InChI is InChI=1S/C15H18ClN3O/c16-13-3-1-4-14(15(13)19-8-2-7-18-19)17-11-12-5-9-20-10-6-12/h1-4,7-8,12,17H,5-6,9-11H2. The SMILES string of the molecule is Clc1cccc(NCC2CCOCC2)c1-n1cccn1. The summed E-state index contributed by atoms with van der Waals surface area (Å²) in [6, 6.07) is 7.79. The molecule has 0 aliphatic carbocycles. The molecule has 0 bridgehead atoms. The maximum Gasteiger partial charge on any atom is 0.106 e. The lowest BCUT2D eigenvalue weighted by molar-refractivity contribution is 0.0699. The predicted octanol–water partition coefficient (Wildman–Crippen LogP) is 3.36. The lowest BCUT2D eigenvalue weighted by Crippen LogP contribution is -2.23. The first-order valence-corrected chi connectivity index (χ1v) is 7.32. The molecule has 0 radical (unpaired) electrons. The third-order valence-electron chi connectivity index (χ3n) is 3.64. The fourth-order valence-corrected chi connectivity index (χ4v) is 2.76. The average molecular weight is 292 g/mol. The number of hydrogen-bond acceptors (Lipinski definition) is 3. The molecular formula is C15H18ClN3O. The number of aromatic nitrogens is 2. The Balaban J connectivity index is 1.77. The molecule has 0 amide bonds. The van der Waals surface area contributed by atoms with Gasteiger partial charge in [0.25, 0.3) is 0 Å². The van der Waals surface area contributed by atoms with Crippen molar-refractivity contribution in [3.8, 4) is 5.69 Å². The lowest BCUT2D eigenvalue weighted by atomic mass is 10.0. The third-order valence-corrected chi connectivity index (χ3v) is 3.95. The quantitative estimate of drug-likeness (QED) is 0.939. The van der Waals surface area contributed by atoms with E-state index in [9.17, 15) is 0 Å². The van der Waals surface area contributed by atoms with Crippen molar-refractivity contribution < 1.29 is 4.74 Å². The molecule has 3 rings (SSSR count). The van der Waals surface area contributed by atoms with Crippen molar-refractivity contribution in [2.45, 2.75) is 12.8 Å². The molecule has 1 N–H and O–H groups in total. The Morgan fingerprint density at radius 1 is 1.30 bits per heavy atom. The van der Waals surface area contributed by atoms with Crippen molar-refractivity contribution in [2.24, 2.45) is 5.92 Å². The van der Waals surface area contributed by atoms with Crippen LogP contribution in [0, 0.1) is 5.92 Å². The summed E-state index contributed by atoms with van der Waals surface area (Å²) in [5.41, 5.74) is 1.93. The first kappa shape index (κ1) is 13.5. The highest BCUT2D eigenvalue weighted by molar-refractivity contribution is 6.33. The molecule has 0 spiro atoms. The topological polar surface area (TPSA) is 39.1 Å². The lowest BCUT2D eigenvalue weighted by Gasteiger charge is -2.23. The van der Waals surface area contributed by atoms with Crippen molar-refractivity contribution >= 4 is 17.3 Å². The largest absolute Gasteiger partial charge is 0.383 e. The Hall–Kier alpha value is -1.52. The van der Waals surface area contributed by atoms with Gasteiger partial charge in [0.05, 0.1) is 10.7 Å². The third kappa shape index (κ3) is 2.97. The predicted molar refractivity (Wildman–Crippen MR) is 80.6 cm³/mol. The molecule has 1 aromatic heterocycles. The van der Waals surface area contributed by atoms with Gasteiger partial charge in [-0.3, -0.25) is 0 Å². The van der Waals surface area contributed by atoms with E-state index in [4.69, 9.17) is 16.3 Å². The zero-order valence-corrected chi connectivity index (χ0v) is 12.0. The number of ether oxygens (including phenoxy) is 1. The highest BCUT2D eigenvalue weighted by Gasteiger charge is 2.15. The zero-order valence-electron chi connectivity index (χ0n) is 11.3. The Morgan fingerprint density at radius 3 is 2.90 bits per heavy atom. The van der Waals surface area contributed by atoms with Gasteiger partial charge in [-0.2, -0.15) is 5.10 Å². The minimum atomic E-state index is 0.660. The van der Waals surface area contributed by atoms with Crippen molar-refractivity contribution in [3.63, 3.8) is 0 Å². The number of nitrogens with zero attached hydrogens (tertiary/aromatic N) is 2. The number of nitrogens with one attached hydrogen (secondary N) is 1. The number of rotatable bonds is 4. The van der Waals surface area contributed by atoms with Gasteiger partial charge in [-0.05, 0) is 37.0 Å². The van der Waals surface area contributed by atoms with Crippen molar-refractivity contribution in [3.05, 3.63) is 41.7 Å². The summed E-state index contributed by atoms with van der Waals surface area (Å²) in [4.78, 5) is 0. The Labute approximate surface area is 123 Å². The van der Waals surface area contributed by atoms with Gasteiger partial charge in [-0.25, -0.2) is 4.68 Å². The number of para-hydroxylation sites is 1. The van der Waals surface area contributed by atoms with Crippen LogP contribution in [0.25, 0.3) is 5.69 Å². The summed E-state index contributed by atoms with van der Waals surface area (Å²) < 4.78 is 7.19. The molecule has 5 heteroatoms. The Kier molecular flexibility index (Phi) is 4.23. The fourth-order valence-electron chi connectivity index (χ4n) is 2.50. The molecule has 1 aromatic carbocycles. The second-order valence-corrected chi connectivity index (χ2v) is 5.43. The molecule has 2 aromatic rings. The molecule has 20 heavy (non-hydrogen) atoms. The minimum Gasteiger partial charge on any atom is -0.383 e. The van der Waals surface area contributed by atoms with E-state index in [1.54, 1.807) is 10.9 Å². The zero-order chi connectivity index (χ0) is 13.8. The van der Waals surface area contributed by atoms with Crippen LogP contribution in [0.4, 0.5) is 5.69 Å². The summed E-state index contributed by atoms with van der Waals surface area (Å²) in [5, 5.41) is 8.49. The summed E-state index contributed by atoms with van der Waals surface area (Å²) >= 11 is 6.32. The van der Waals surface area contributed by atoms with E-state index in [1.165, 1.54) is 0 Å². The van der Waals surface area contributed by atoms with Crippen LogP contribution < -0.4 is 5.32 Å². The van der Waals surface area contributed by atoms with E-state index in [0.717, 1.165) is 44.0 Å². The maximum absolute atomic E-state index is 6.32. The van der Waals surface area contributed by atoms with Crippen LogP contribution in [-0.2, 0) is 4.74 Å². The normalized spacial score (nSPS) is 16.2. The molecule has 1 saturated heterocycles. The molecule has 1 aliphatic rings. The van der Waals surface area contributed by atoms with E-state index in [2.05, 4.69) is 10.4 Å². The molecule has 0 unspecified atom stereocenters. The van der Waals surface area contributed by atoms with Gasteiger partial charge in [0.1, 0.15) is 5.69 Å². The summed E-state index contributed by atoms with van der Waals surface area (Å²) in [6.45, 7) is 2.68. The monoisotopic (exact) mass is 291 g/mol. The van der Waals surface area contributed by atoms with Crippen LogP contribution in [-0.4, -0.2) is 29.5 Å². The van der Waals surface area contributed by atoms with Gasteiger partial charge in [-0.15, -0.1) is 0 Å². The molecule has 1 aliphatic heterocycles. The van der Waals surface area contributed by atoms with Gasteiger partial charge in [-0.1, -0.05) is 17.7 Å². The molecule has 0 saturated carbocycles. The number of hydrogen-bond donors (Lipinski definition) is 1. The first-order valence-electron chi connectivity index (χ1n) is 6.95. The fraction of sp³-hybridized carbons (Fsp3) is 0.400. The van der Waals surface area contributed by atoms with Crippen molar-refractivity contribution in [1.82, 2.24) is 9.78 Å². The molecule has 1 fully saturated rings. The minimum absolute atomic E-state index is 0.660. The molecular weight excluding hydrogens is 274 g/mol. The first-order chi connectivity index (χ1) is 9.84. The van der Waals surface area contributed by atoms with Gasteiger partial charge < -0.3 is 10.1 Å². The summed E-state index contributed by atoms with van der Waals surface area (Å²) in [6.07, 6.45) is 5.89. The van der Waals surface area contributed by atoms with Crippen LogP contribution in [0.15, 0.2) is 36.7 Å². The van der Waals surface area contributed by atoms with Gasteiger partial charge >= 0.3 is 0 Å². The van der Waals surface area contributed by atoms with Gasteiger partial charge in [0, 0.05) is 32.2 Å². The van der Waals surface area contributed by atoms with E-state index >= 15 is 0 Å². The average Bonchev–Trinajstić information content (AvgIpc) is 3.00. The highest BCUT2D eigenvalue weighted by Crippen LogP contribution is 2.28. The Morgan fingerprint density at radius 2 is 2.15 bits per heavy atom. The van der Waals surface area contributed by atoms with Crippen LogP contribution in [0.2, 0.25) is 5.02 Å². The van der Waals surface area contributed by atoms with Gasteiger partial charge in [0.15, 0.2) is 0 Å². The van der Waals surface area contributed by atoms with Crippen molar-refractivity contribution in [2.75, 3.05) is 25.1 Å². The van der Waals surface area contributed by atoms with E-state index in [1.807, 2.05) is 30.5 Å². The van der Waals surface area contributed by atoms with Crippen LogP contribution >= 0.6 is 11.6 Å². The number of anilines is 1. The van der Waals surface area contributed by atoms with Crippen molar-refractivity contribution in [1.29, 1.82) is 0 Å². The van der Waals surface area contributed by atoms with E-state index in [-0.39, 0.29) is 0 Å². The smallest absolute Gasteiger partial charge is 0.106 e. The highest BCUT2D eigenvalue weighted by atomic mass is 35.5. The van der Waals surface area contributed by atoms with Crippen LogP contribution in [0.3, 0.4) is 0 Å². The Bertz CT molecular complexity index is 550. The molecule has 2 heterocycles. The van der Waals surface area contributed by atoms with Crippen LogP contribution in [0.1, 0.15) is 12.8 Å². The van der Waals surface area contributed by atoms with E-state index in [0.29, 0.717) is 10.9 Å². The maximum atomic E-state index is 6.32. The van der Waals surface area contributed by atoms with Crippen LogP contribution in [0.5, 0.6) is 0 Å². The molecule has 4 nitrogen and oxygen atoms in total. The molecule has 0 atom stereocenters. The second-order valence-electron chi connectivity index (χ2n) is 5.02. The van der Waals surface area contributed by atoms with E-state index < -0.39 is 0 Å².